The molecular formula is C21H26N4O4. The van der Waals surface area contributed by atoms with Crippen LogP contribution in [0.5, 0.6) is 0 Å². The number of nitro groups is 1. The number of carbonyl (C=O) groups is 2. The summed E-state index contributed by atoms with van der Waals surface area (Å²) < 4.78 is 0. The largest absolute Gasteiger partial charge is 0.351 e. The highest BCUT2D eigenvalue weighted by molar-refractivity contribution is 6.06. The lowest BCUT2D eigenvalue weighted by Crippen LogP contribution is -2.34. The minimum atomic E-state index is -0.514. The van der Waals surface area contributed by atoms with Crippen molar-refractivity contribution in [1.82, 2.24) is 10.2 Å². The summed E-state index contributed by atoms with van der Waals surface area (Å²) in [5, 5.41) is 16.6. The lowest BCUT2D eigenvalue weighted by Gasteiger charge is -2.18. The van der Waals surface area contributed by atoms with Gasteiger partial charge < -0.3 is 15.5 Å². The maximum absolute atomic E-state index is 12.5. The molecule has 0 bridgehead atoms. The lowest BCUT2D eigenvalue weighted by molar-refractivity contribution is -0.385. The number of amides is 2. The minimum absolute atomic E-state index is 0.102. The summed E-state index contributed by atoms with van der Waals surface area (Å²) in [6.45, 7) is 8.91. The molecule has 0 aromatic heterocycles. The smallest absolute Gasteiger partial charge is 0.273 e. The topological polar surface area (TPSA) is 105 Å². The summed E-state index contributed by atoms with van der Waals surface area (Å²) in [5.41, 5.74) is 1.43. The van der Waals surface area contributed by atoms with E-state index in [0.29, 0.717) is 23.4 Å². The molecule has 0 aliphatic rings. The highest BCUT2D eigenvalue weighted by Crippen LogP contribution is 2.22. The monoisotopic (exact) mass is 398 g/mol. The van der Waals surface area contributed by atoms with E-state index in [1.165, 1.54) is 18.2 Å². The van der Waals surface area contributed by atoms with Crippen LogP contribution in [0.15, 0.2) is 42.5 Å². The number of nitrogens with zero attached hydrogens (tertiary/aromatic N) is 2. The van der Waals surface area contributed by atoms with E-state index in [4.69, 9.17) is 0 Å². The number of anilines is 1. The van der Waals surface area contributed by atoms with Crippen LogP contribution in [0.25, 0.3) is 0 Å². The Morgan fingerprint density at radius 1 is 1.03 bits per heavy atom. The third-order valence-corrected chi connectivity index (χ3v) is 4.76. The fraction of sp³-hybridized carbons (Fsp3) is 0.333. The van der Waals surface area contributed by atoms with Crippen molar-refractivity contribution in [2.45, 2.75) is 20.8 Å². The van der Waals surface area contributed by atoms with Gasteiger partial charge in [-0.2, -0.15) is 0 Å². The van der Waals surface area contributed by atoms with Gasteiger partial charge in [0.1, 0.15) is 0 Å². The van der Waals surface area contributed by atoms with Crippen molar-refractivity contribution in [3.05, 3.63) is 69.3 Å². The van der Waals surface area contributed by atoms with E-state index in [1.54, 1.807) is 31.2 Å². The van der Waals surface area contributed by atoms with Crippen molar-refractivity contribution in [3.8, 4) is 0 Å². The molecule has 2 aromatic carbocycles. The molecule has 0 atom stereocenters. The molecule has 2 aromatic rings. The van der Waals surface area contributed by atoms with Gasteiger partial charge in [-0.1, -0.05) is 19.9 Å². The Labute approximate surface area is 170 Å². The van der Waals surface area contributed by atoms with Crippen LogP contribution in [0.2, 0.25) is 0 Å². The summed E-state index contributed by atoms with van der Waals surface area (Å²) in [6, 6.07) is 10.9. The van der Waals surface area contributed by atoms with E-state index in [9.17, 15) is 19.7 Å². The highest BCUT2D eigenvalue weighted by Gasteiger charge is 2.18. The van der Waals surface area contributed by atoms with Crippen molar-refractivity contribution < 1.29 is 14.5 Å². The quantitative estimate of drug-likeness (QED) is 0.498. The Morgan fingerprint density at radius 2 is 1.69 bits per heavy atom. The van der Waals surface area contributed by atoms with E-state index < -0.39 is 10.8 Å². The fourth-order valence-electron chi connectivity index (χ4n) is 2.94. The standard InChI is InChI=1S/C21H26N4O4/c1-4-24(5-2)14-13-22-20(26)16-9-11-17(12-10-16)23-21(27)18-7-6-8-19(15(18)3)25(28)29/h6-12H,4-5,13-14H2,1-3H3,(H,22,26)(H,23,27). The lowest BCUT2D eigenvalue weighted by atomic mass is 10.1. The minimum Gasteiger partial charge on any atom is -0.351 e. The van der Waals surface area contributed by atoms with E-state index in [2.05, 4.69) is 29.4 Å². The molecule has 2 N–H and O–H groups in total. The van der Waals surface area contributed by atoms with Crippen LogP contribution in [-0.4, -0.2) is 47.8 Å². The van der Waals surface area contributed by atoms with Crippen LogP contribution in [0, 0.1) is 17.0 Å². The van der Waals surface area contributed by atoms with E-state index in [0.717, 1.165) is 19.6 Å². The third kappa shape index (κ3) is 5.86. The number of hydrogen-bond acceptors (Lipinski definition) is 5. The summed E-state index contributed by atoms with van der Waals surface area (Å²) in [7, 11) is 0. The third-order valence-electron chi connectivity index (χ3n) is 4.76. The Bertz CT molecular complexity index is 877. The molecule has 0 spiro atoms. The van der Waals surface area contributed by atoms with Crippen molar-refractivity contribution >= 4 is 23.2 Å². The SMILES string of the molecule is CCN(CC)CCNC(=O)c1ccc(NC(=O)c2cccc([N+](=O)[O-])c2C)cc1. The number of nitro benzene ring substituents is 1. The van der Waals surface area contributed by atoms with Crippen LogP contribution in [0.3, 0.4) is 0 Å². The van der Waals surface area contributed by atoms with Gasteiger partial charge in [-0.25, -0.2) is 0 Å². The first-order chi connectivity index (χ1) is 13.9. The zero-order valence-corrected chi connectivity index (χ0v) is 16.9. The van der Waals surface area contributed by atoms with E-state index in [1.807, 2.05) is 0 Å². The summed E-state index contributed by atoms with van der Waals surface area (Å²) in [6.07, 6.45) is 0. The molecule has 0 fully saturated rings. The first kappa shape index (κ1) is 22.0. The molecule has 0 saturated carbocycles. The van der Waals surface area contributed by atoms with Gasteiger partial charge in [0.25, 0.3) is 17.5 Å². The Morgan fingerprint density at radius 3 is 2.28 bits per heavy atom. The van der Waals surface area contributed by atoms with Gasteiger partial charge in [0.05, 0.1) is 4.92 Å². The first-order valence-corrected chi connectivity index (χ1v) is 9.53. The second kappa shape index (κ2) is 10.3. The molecular weight excluding hydrogens is 372 g/mol. The van der Waals surface area contributed by atoms with Crippen molar-refractivity contribution in [1.29, 1.82) is 0 Å². The van der Waals surface area contributed by atoms with Crippen LogP contribution >= 0.6 is 0 Å². The Balaban J connectivity index is 1.98. The Kier molecular flexibility index (Phi) is 7.85. The molecule has 0 aliphatic carbocycles. The normalized spacial score (nSPS) is 10.6. The van der Waals surface area contributed by atoms with Gasteiger partial charge in [0.2, 0.25) is 0 Å². The summed E-state index contributed by atoms with van der Waals surface area (Å²) in [5.74, 6) is -0.618. The molecule has 0 radical (unpaired) electrons. The van der Waals surface area contributed by atoms with Crippen molar-refractivity contribution in [3.63, 3.8) is 0 Å². The molecule has 8 heteroatoms. The van der Waals surface area contributed by atoms with Gasteiger partial charge >= 0.3 is 0 Å². The number of carbonyl (C=O) groups excluding carboxylic acids is 2. The highest BCUT2D eigenvalue weighted by atomic mass is 16.6. The summed E-state index contributed by atoms with van der Waals surface area (Å²) in [4.78, 5) is 37.4. The van der Waals surface area contributed by atoms with Gasteiger partial charge in [-0.05, 0) is 50.3 Å². The maximum Gasteiger partial charge on any atom is 0.273 e. The van der Waals surface area contributed by atoms with Gasteiger partial charge in [0, 0.05) is 41.5 Å². The van der Waals surface area contributed by atoms with Gasteiger partial charge in [-0.15, -0.1) is 0 Å². The van der Waals surface area contributed by atoms with Crippen molar-refractivity contribution in [2.24, 2.45) is 0 Å². The molecule has 8 nitrogen and oxygen atoms in total. The van der Waals surface area contributed by atoms with Crippen molar-refractivity contribution in [2.75, 3.05) is 31.5 Å². The van der Waals surface area contributed by atoms with Gasteiger partial charge in [0.15, 0.2) is 0 Å². The average molecular weight is 398 g/mol. The number of benzene rings is 2. The van der Waals surface area contributed by atoms with Crippen LogP contribution in [0.4, 0.5) is 11.4 Å². The van der Waals surface area contributed by atoms with Crippen LogP contribution < -0.4 is 10.6 Å². The number of hydrogen-bond donors (Lipinski definition) is 2. The maximum atomic E-state index is 12.5. The predicted molar refractivity (Wildman–Crippen MR) is 112 cm³/mol. The molecule has 0 heterocycles. The number of rotatable bonds is 9. The molecule has 29 heavy (non-hydrogen) atoms. The zero-order chi connectivity index (χ0) is 21.4. The molecule has 2 rings (SSSR count). The molecule has 154 valence electrons. The van der Waals surface area contributed by atoms with E-state index in [-0.39, 0.29) is 17.2 Å². The second-order valence-corrected chi connectivity index (χ2v) is 6.52. The van der Waals surface area contributed by atoms with Crippen LogP contribution in [0.1, 0.15) is 40.1 Å². The number of nitrogens with one attached hydrogen (secondary N) is 2. The average Bonchev–Trinajstić information content (AvgIpc) is 2.71. The van der Waals surface area contributed by atoms with Gasteiger partial charge in [-0.3, -0.25) is 19.7 Å². The number of likely N-dealkylation sites (N-methyl/N-ethyl adjacent to an activating group) is 1. The second-order valence-electron chi connectivity index (χ2n) is 6.52. The predicted octanol–water partition coefficient (Wildman–Crippen LogP) is 3.23. The first-order valence-electron chi connectivity index (χ1n) is 9.53. The molecule has 2 amide bonds. The molecule has 0 aliphatic heterocycles. The molecule has 0 unspecified atom stereocenters. The van der Waals surface area contributed by atoms with E-state index >= 15 is 0 Å². The fourth-order valence-corrected chi connectivity index (χ4v) is 2.94. The van der Waals surface area contributed by atoms with Crippen LogP contribution in [-0.2, 0) is 0 Å². The zero-order valence-electron chi connectivity index (χ0n) is 16.9. The molecule has 0 saturated heterocycles. The summed E-state index contributed by atoms with van der Waals surface area (Å²) >= 11 is 0. The Hall–Kier alpha value is -3.26.